The van der Waals surface area contributed by atoms with E-state index in [4.69, 9.17) is 0 Å². The van der Waals surface area contributed by atoms with Gasteiger partial charge >= 0.3 is 0 Å². The maximum atomic E-state index is 13.0. The van der Waals surface area contributed by atoms with Gasteiger partial charge in [-0.25, -0.2) is 8.42 Å². The van der Waals surface area contributed by atoms with E-state index in [0.29, 0.717) is 23.3 Å². The van der Waals surface area contributed by atoms with Gasteiger partial charge in [-0.2, -0.15) is 4.31 Å². The van der Waals surface area contributed by atoms with E-state index < -0.39 is 10.0 Å². The first-order valence-electron chi connectivity index (χ1n) is 7.77. The number of sulfonamides is 1. The van der Waals surface area contributed by atoms with E-state index in [-0.39, 0.29) is 6.04 Å². The Hall–Kier alpha value is -0.390. The highest BCUT2D eigenvalue weighted by atomic mass is 79.9. The van der Waals surface area contributed by atoms with Crippen LogP contribution in [0.3, 0.4) is 0 Å². The minimum atomic E-state index is -3.36. The number of piperidine rings is 1. The molecule has 3 rings (SSSR count). The standard InChI is InChI=1S/C16H22BrNO2S/c1-12-10-11-18(16-5-3-2-4-15(12)16)21(19,20)14-8-6-13(17)7-9-14/h6-9,12,15-16H,2-5,10-11H2,1H3. The quantitative estimate of drug-likeness (QED) is 0.786. The van der Waals surface area contributed by atoms with E-state index in [1.54, 1.807) is 28.6 Å². The van der Waals surface area contributed by atoms with Gasteiger partial charge in [0.25, 0.3) is 0 Å². The molecular weight excluding hydrogens is 350 g/mol. The zero-order chi connectivity index (χ0) is 15.0. The molecule has 0 amide bonds. The first kappa shape index (κ1) is 15.5. The zero-order valence-electron chi connectivity index (χ0n) is 12.3. The Morgan fingerprint density at radius 3 is 2.48 bits per heavy atom. The molecule has 0 bridgehead atoms. The Bertz CT molecular complexity index is 599. The highest BCUT2D eigenvalue weighted by Gasteiger charge is 2.42. The third-order valence-electron chi connectivity index (χ3n) is 5.11. The first-order chi connectivity index (χ1) is 10.00. The van der Waals surface area contributed by atoms with Crippen molar-refractivity contribution in [3.63, 3.8) is 0 Å². The van der Waals surface area contributed by atoms with Crippen LogP contribution in [-0.4, -0.2) is 25.3 Å². The maximum Gasteiger partial charge on any atom is 0.243 e. The molecular formula is C16H22BrNO2S. The van der Waals surface area contributed by atoms with Crippen molar-refractivity contribution >= 4 is 26.0 Å². The molecule has 1 aliphatic carbocycles. The van der Waals surface area contributed by atoms with E-state index in [0.717, 1.165) is 23.7 Å². The summed E-state index contributed by atoms with van der Waals surface area (Å²) in [6.07, 6.45) is 5.58. The van der Waals surface area contributed by atoms with Crippen LogP contribution < -0.4 is 0 Å². The normalized spacial score (nSPS) is 30.9. The summed E-state index contributed by atoms with van der Waals surface area (Å²) in [6.45, 7) is 2.95. The Labute approximate surface area is 135 Å². The molecule has 1 saturated carbocycles. The summed E-state index contributed by atoms with van der Waals surface area (Å²) in [7, 11) is -3.36. The second-order valence-corrected chi connectivity index (χ2v) is 9.16. The summed E-state index contributed by atoms with van der Waals surface area (Å²) < 4.78 is 28.6. The van der Waals surface area contributed by atoms with Crippen molar-refractivity contribution in [1.29, 1.82) is 0 Å². The van der Waals surface area contributed by atoms with Crippen LogP contribution in [0, 0.1) is 11.8 Å². The summed E-state index contributed by atoms with van der Waals surface area (Å²) in [5.74, 6) is 1.18. The first-order valence-corrected chi connectivity index (χ1v) is 10.0. The van der Waals surface area contributed by atoms with Crippen molar-refractivity contribution in [1.82, 2.24) is 4.31 Å². The van der Waals surface area contributed by atoms with Crippen molar-refractivity contribution in [3.8, 4) is 0 Å². The van der Waals surface area contributed by atoms with Gasteiger partial charge in [0.2, 0.25) is 10.0 Å². The Morgan fingerprint density at radius 2 is 1.76 bits per heavy atom. The Kier molecular flexibility index (Phi) is 4.44. The number of halogens is 1. The van der Waals surface area contributed by atoms with E-state index >= 15 is 0 Å². The van der Waals surface area contributed by atoms with Gasteiger partial charge in [-0.3, -0.25) is 0 Å². The van der Waals surface area contributed by atoms with Crippen molar-refractivity contribution in [3.05, 3.63) is 28.7 Å². The fraction of sp³-hybridized carbons (Fsp3) is 0.625. The lowest BCUT2D eigenvalue weighted by Crippen LogP contribution is -2.52. The Morgan fingerprint density at radius 1 is 1.10 bits per heavy atom. The summed E-state index contributed by atoms with van der Waals surface area (Å²) >= 11 is 3.36. The molecule has 0 aromatic heterocycles. The smallest absolute Gasteiger partial charge is 0.207 e. The molecule has 1 heterocycles. The minimum Gasteiger partial charge on any atom is -0.207 e. The van der Waals surface area contributed by atoms with Gasteiger partial charge in [-0.05, 0) is 55.4 Å². The zero-order valence-corrected chi connectivity index (χ0v) is 14.7. The summed E-state index contributed by atoms with van der Waals surface area (Å²) in [5.41, 5.74) is 0. The van der Waals surface area contributed by atoms with Gasteiger partial charge in [0.1, 0.15) is 0 Å². The van der Waals surface area contributed by atoms with Gasteiger partial charge in [0, 0.05) is 17.1 Å². The number of nitrogens with zero attached hydrogens (tertiary/aromatic N) is 1. The minimum absolute atomic E-state index is 0.205. The van der Waals surface area contributed by atoms with Crippen LogP contribution in [0.2, 0.25) is 0 Å². The van der Waals surface area contributed by atoms with Gasteiger partial charge in [-0.1, -0.05) is 35.7 Å². The van der Waals surface area contributed by atoms with Crippen LogP contribution in [0.4, 0.5) is 0 Å². The van der Waals surface area contributed by atoms with Crippen LogP contribution in [-0.2, 0) is 10.0 Å². The van der Waals surface area contributed by atoms with Crippen molar-refractivity contribution in [2.45, 2.75) is 50.0 Å². The second-order valence-electron chi connectivity index (χ2n) is 6.35. The largest absolute Gasteiger partial charge is 0.243 e. The lowest BCUT2D eigenvalue weighted by atomic mass is 9.74. The van der Waals surface area contributed by atoms with E-state index in [2.05, 4.69) is 22.9 Å². The van der Waals surface area contributed by atoms with Gasteiger partial charge in [-0.15, -0.1) is 0 Å². The van der Waals surface area contributed by atoms with Crippen molar-refractivity contribution in [2.75, 3.05) is 6.54 Å². The highest BCUT2D eigenvalue weighted by molar-refractivity contribution is 9.10. The molecule has 2 aliphatic rings. The van der Waals surface area contributed by atoms with Gasteiger partial charge in [0.05, 0.1) is 4.90 Å². The monoisotopic (exact) mass is 371 g/mol. The summed E-state index contributed by atoms with van der Waals surface area (Å²) in [5, 5.41) is 0. The van der Waals surface area contributed by atoms with Crippen molar-refractivity contribution in [2.24, 2.45) is 11.8 Å². The van der Waals surface area contributed by atoms with Crippen LogP contribution in [0.25, 0.3) is 0 Å². The fourth-order valence-corrected chi connectivity index (χ4v) is 5.89. The van der Waals surface area contributed by atoms with E-state index in [1.165, 1.54) is 12.8 Å². The fourth-order valence-electron chi connectivity index (χ4n) is 3.91. The molecule has 2 fully saturated rings. The second kappa shape index (κ2) is 6.01. The molecule has 0 spiro atoms. The Balaban J connectivity index is 1.92. The average molecular weight is 372 g/mol. The molecule has 116 valence electrons. The predicted octanol–water partition coefficient (Wildman–Crippen LogP) is 4.04. The summed E-state index contributed by atoms with van der Waals surface area (Å²) in [4.78, 5) is 0.421. The lowest BCUT2D eigenvalue weighted by Gasteiger charge is -2.46. The van der Waals surface area contributed by atoms with E-state index in [9.17, 15) is 8.42 Å². The maximum absolute atomic E-state index is 13.0. The molecule has 1 aliphatic heterocycles. The SMILES string of the molecule is CC1CCN(S(=O)(=O)c2ccc(Br)cc2)C2CCCCC12. The third-order valence-corrected chi connectivity index (χ3v) is 7.57. The van der Waals surface area contributed by atoms with E-state index in [1.807, 2.05) is 0 Å². The predicted molar refractivity (Wildman–Crippen MR) is 87.6 cm³/mol. The highest BCUT2D eigenvalue weighted by Crippen LogP contribution is 2.41. The summed E-state index contributed by atoms with van der Waals surface area (Å²) in [6, 6.07) is 7.22. The molecule has 1 aromatic rings. The van der Waals surface area contributed by atoms with Crippen LogP contribution in [0.5, 0.6) is 0 Å². The lowest BCUT2D eigenvalue weighted by molar-refractivity contribution is 0.0827. The molecule has 3 nitrogen and oxygen atoms in total. The number of hydrogen-bond acceptors (Lipinski definition) is 2. The average Bonchev–Trinajstić information content (AvgIpc) is 2.48. The number of hydrogen-bond donors (Lipinski definition) is 0. The molecule has 0 radical (unpaired) electrons. The molecule has 3 atom stereocenters. The van der Waals surface area contributed by atoms with Crippen LogP contribution >= 0.6 is 15.9 Å². The number of rotatable bonds is 2. The van der Waals surface area contributed by atoms with Gasteiger partial charge < -0.3 is 0 Å². The van der Waals surface area contributed by atoms with Crippen LogP contribution in [0.1, 0.15) is 39.0 Å². The topological polar surface area (TPSA) is 37.4 Å². The van der Waals surface area contributed by atoms with Crippen LogP contribution in [0.15, 0.2) is 33.6 Å². The molecule has 1 aromatic carbocycles. The number of benzene rings is 1. The van der Waals surface area contributed by atoms with Gasteiger partial charge in [0.15, 0.2) is 0 Å². The molecule has 1 saturated heterocycles. The molecule has 21 heavy (non-hydrogen) atoms. The number of fused-ring (bicyclic) bond motifs is 1. The molecule has 5 heteroatoms. The molecule has 0 N–H and O–H groups in total. The molecule has 3 unspecified atom stereocenters. The third kappa shape index (κ3) is 2.92. The van der Waals surface area contributed by atoms with Crippen molar-refractivity contribution < 1.29 is 8.42 Å².